The Morgan fingerprint density at radius 3 is 2.55 bits per heavy atom. The molecule has 7 heteroatoms. The highest BCUT2D eigenvalue weighted by Crippen LogP contribution is 2.33. The van der Waals surface area contributed by atoms with Crippen LogP contribution in [0, 0.1) is 0 Å². The Morgan fingerprint density at radius 2 is 1.82 bits per heavy atom. The zero-order valence-electron chi connectivity index (χ0n) is 18.9. The fraction of sp³-hybridized carbons (Fsp3) is 0.192. The second-order valence-corrected chi connectivity index (χ2v) is 8.14. The molecule has 33 heavy (non-hydrogen) atoms. The molecule has 4 aromatic rings. The monoisotopic (exact) mass is 458 g/mol. The Labute approximate surface area is 197 Å². The van der Waals surface area contributed by atoms with Crippen LogP contribution in [0.3, 0.4) is 0 Å². The van der Waals surface area contributed by atoms with Gasteiger partial charge < -0.3 is 9.47 Å². The molecule has 168 valence electrons. The molecule has 6 nitrogen and oxygen atoms in total. The molecule has 0 fully saturated rings. The lowest BCUT2D eigenvalue weighted by Crippen LogP contribution is -2.15. The Balaban J connectivity index is 1.78. The highest BCUT2D eigenvalue weighted by molar-refractivity contribution is 7.07. The summed E-state index contributed by atoms with van der Waals surface area (Å²) in [7, 11) is 3.30. The molecule has 0 amide bonds. The first-order chi connectivity index (χ1) is 16.2. The predicted octanol–water partition coefficient (Wildman–Crippen LogP) is 5.04. The second kappa shape index (κ2) is 10.7. The van der Waals surface area contributed by atoms with Gasteiger partial charge in [0.2, 0.25) is 4.80 Å². The molecule has 0 bridgehead atoms. The van der Waals surface area contributed by atoms with Gasteiger partial charge in [-0.25, -0.2) is 4.68 Å². The molecule has 0 unspecified atom stereocenters. The first-order valence-electron chi connectivity index (χ1n) is 10.6. The van der Waals surface area contributed by atoms with Crippen molar-refractivity contribution in [2.24, 2.45) is 10.1 Å². The molecule has 0 aliphatic heterocycles. The van der Waals surface area contributed by atoms with Crippen LogP contribution in [0.4, 0.5) is 0 Å². The topological polar surface area (TPSA) is 61.0 Å². The van der Waals surface area contributed by atoms with Crippen LogP contribution < -0.4 is 14.3 Å². The van der Waals surface area contributed by atoms with Crippen molar-refractivity contribution in [2.45, 2.75) is 13.3 Å². The maximum atomic E-state index is 5.65. The van der Waals surface area contributed by atoms with E-state index in [0.29, 0.717) is 12.3 Å². The molecule has 2 aromatic heterocycles. The third-order valence-electron chi connectivity index (χ3n) is 5.15. The predicted molar refractivity (Wildman–Crippen MR) is 133 cm³/mol. The van der Waals surface area contributed by atoms with Crippen LogP contribution in [0.5, 0.6) is 11.5 Å². The average Bonchev–Trinajstić information content (AvgIpc) is 3.26. The lowest BCUT2D eigenvalue weighted by molar-refractivity contribution is 0.395. The summed E-state index contributed by atoms with van der Waals surface area (Å²) in [5.74, 6) is 1.45. The molecule has 0 saturated heterocycles. The van der Waals surface area contributed by atoms with Crippen molar-refractivity contribution in [3.8, 4) is 22.8 Å². The number of hydrogen-bond acceptors (Lipinski definition) is 6. The van der Waals surface area contributed by atoms with Crippen molar-refractivity contribution in [1.82, 2.24) is 9.66 Å². The number of aromatic nitrogens is 2. The van der Waals surface area contributed by atoms with Crippen molar-refractivity contribution >= 4 is 17.0 Å². The maximum absolute atomic E-state index is 5.65. The van der Waals surface area contributed by atoms with E-state index in [4.69, 9.17) is 19.6 Å². The van der Waals surface area contributed by atoms with Crippen molar-refractivity contribution in [1.29, 1.82) is 0 Å². The maximum Gasteiger partial charge on any atom is 0.206 e. The van der Waals surface area contributed by atoms with Crippen LogP contribution >= 0.6 is 11.3 Å². The van der Waals surface area contributed by atoms with E-state index >= 15 is 0 Å². The molecule has 0 N–H and O–H groups in total. The Bertz CT molecular complexity index is 1290. The molecule has 0 aliphatic rings. The number of thiazole rings is 1. The summed E-state index contributed by atoms with van der Waals surface area (Å²) in [6.45, 7) is 2.62. The lowest BCUT2D eigenvalue weighted by atomic mass is 10.1. The van der Waals surface area contributed by atoms with Gasteiger partial charge >= 0.3 is 0 Å². The van der Waals surface area contributed by atoms with Crippen LogP contribution in [0.15, 0.2) is 88.4 Å². The Kier molecular flexibility index (Phi) is 7.32. The summed E-state index contributed by atoms with van der Waals surface area (Å²) in [5, 5.41) is 6.97. The number of pyridine rings is 1. The van der Waals surface area contributed by atoms with Gasteiger partial charge in [-0.2, -0.15) is 5.10 Å². The molecule has 0 aliphatic carbocycles. The first-order valence-corrected chi connectivity index (χ1v) is 11.5. The van der Waals surface area contributed by atoms with Gasteiger partial charge in [0.25, 0.3) is 0 Å². The second-order valence-electron chi connectivity index (χ2n) is 7.30. The molecule has 4 rings (SSSR count). The third-order valence-corrected chi connectivity index (χ3v) is 6.00. The van der Waals surface area contributed by atoms with Crippen LogP contribution in [0.1, 0.15) is 18.2 Å². The van der Waals surface area contributed by atoms with Crippen molar-refractivity contribution in [3.05, 3.63) is 94.4 Å². The summed E-state index contributed by atoms with van der Waals surface area (Å²) >= 11 is 1.55. The molecule has 2 aromatic carbocycles. The zero-order valence-corrected chi connectivity index (χ0v) is 19.7. The Hall–Kier alpha value is -3.71. The highest BCUT2D eigenvalue weighted by Gasteiger charge is 2.14. The molecule has 0 spiro atoms. The fourth-order valence-corrected chi connectivity index (χ4v) is 4.25. The van der Waals surface area contributed by atoms with Crippen LogP contribution in [-0.2, 0) is 6.42 Å². The normalized spacial score (nSPS) is 12.1. The van der Waals surface area contributed by atoms with E-state index in [1.807, 2.05) is 54.1 Å². The van der Waals surface area contributed by atoms with E-state index in [2.05, 4.69) is 34.6 Å². The van der Waals surface area contributed by atoms with Gasteiger partial charge in [-0.1, -0.05) is 36.4 Å². The van der Waals surface area contributed by atoms with E-state index in [0.717, 1.165) is 39.6 Å². The first kappa shape index (κ1) is 22.5. The largest absolute Gasteiger partial charge is 0.497 e. The molecule has 0 saturated carbocycles. The molecular formula is C26H26N4O2S. The summed E-state index contributed by atoms with van der Waals surface area (Å²) < 4.78 is 12.9. The minimum absolute atomic E-state index is 0.669. The van der Waals surface area contributed by atoms with Gasteiger partial charge in [0, 0.05) is 29.8 Å². The van der Waals surface area contributed by atoms with E-state index in [-0.39, 0.29) is 0 Å². The van der Waals surface area contributed by atoms with E-state index in [9.17, 15) is 0 Å². The molecule has 2 heterocycles. The smallest absolute Gasteiger partial charge is 0.206 e. The number of methoxy groups -OCH3 is 2. The quantitative estimate of drug-likeness (QED) is 0.347. The van der Waals surface area contributed by atoms with Crippen molar-refractivity contribution in [2.75, 3.05) is 20.8 Å². The molecular weight excluding hydrogens is 432 g/mol. The van der Waals surface area contributed by atoms with Gasteiger partial charge in [-0.05, 0) is 43.2 Å². The number of nitrogens with zero attached hydrogens (tertiary/aromatic N) is 4. The van der Waals surface area contributed by atoms with Crippen LogP contribution in [0.25, 0.3) is 11.3 Å². The van der Waals surface area contributed by atoms with Crippen LogP contribution in [0.2, 0.25) is 0 Å². The summed E-state index contributed by atoms with van der Waals surface area (Å²) in [6, 6.07) is 21.9. The van der Waals surface area contributed by atoms with Gasteiger partial charge in [-0.3, -0.25) is 9.98 Å². The van der Waals surface area contributed by atoms with E-state index < -0.39 is 0 Å². The third kappa shape index (κ3) is 5.38. The average molecular weight is 459 g/mol. The summed E-state index contributed by atoms with van der Waals surface area (Å²) in [5.41, 5.74) is 4.69. The number of hydrogen-bond donors (Lipinski definition) is 0. The van der Waals surface area contributed by atoms with Gasteiger partial charge in [0.05, 0.1) is 31.3 Å². The number of ether oxygens (including phenoxy) is 2. The standard InChI is InChI=1S/C26H26N4O2S/c1-19(23-11-7-8-15-27-23)29-30-24(22-13-12-21(31-2)17-25(22)32-3)18-33-26(30)28-16-14-20-9-5-4-6-10-20/h4-13,15,17-18H,14,16H2,1-3H3. The SMILES string of the molecule is COc1ccc(-c2csc(=NCCc3ccccc3)n2N=C(C)c2ccccn2)c(OC)c1. The van der Waals surface area contributed by atoms with E-state index in [1.165, 1.54) is 5.56 Å². The minimum Gasteiger partial charge on any atom is -0.497 e. The minimum atomic E-state index is 0.669. The van der Waals surface area contributed by atoms with Gasteiger partial charge in [-0.15, -0.1) is 11.3 Å². The van der Waals surface area contributed by atoms with Gasteiger partial charge in [0.15, 0.2) is 0 Å². The van der Waals surface area contributed by atoms with Gasteiger partial charge in [0.1, 0.15) is 11.5 Å². The zero-order chi connectivity index (χ0) is 23.0. The lowest BCUT2D eigenvalue weighted by Gasteiger charge is -2.11. The fourth-order valence-electron chi connectivity index (χ4n) is 3.40. The Morgan fingerprint density at radius 1 is 1.00 bits per heavy atom. The van der Waals surface area contributed by atoms with Crippen molar-refractivity contribution < 1.29 is 9.47 Å². The highest BCUT2D eigenvalue weighted by atomic mass is 32.1. The summed E-state index contributed by atoms with van der Waals surface area (Å²) in [4.78, 5) is 10.1. The van der Waals surface area contributed by atoms with Crippen molar-refractivity contribution in [3.63, 3.8) is 0 Å². The van der Waals surface area contributed by atoms with E-state index in [1.54, 1.807) is 31.8 Å². The number of benzene rings is 2. The summed E-state index contributed by atoms with van der Waals surface area (Å²) in [6.07, 6.45) is 2.63. The molecule has 0 radical (unpaired) electrons. The molecule has 0 atom stereocenters. The van der Waals surface area contributed by atoms with Crippen LogP contribution in [-0.4, -0.2) is 36.1 Å². The number of rotatable bonds is 8.